The van der Waals surface area contributed by atoms with Crippen molar-refractivity contribution < 1.29 is 9.53 Å². The molecule has 1 amide bonds. The summed E-state index contributed by atoms with van der Waals surface area (Å²) in [5.74, 6) is 0.795. The number of fused-ring (bicyclic) bond motifs is 1. The summed E-state index contributed by atoms with van der Waals surface area (Å²) in [6.07, 6.45) is 3.26. The van der Waals surface area contributed by atoms with E-state index in [1.807, 2.05) is 24.3 Å². The molecule has 2 N–H and O–H groups in total. The van der Waals surface area contributed by atoms with E-state index < -0.39 is 0 Å². The third kappa shape index (κ3) is 4.59. The molecule has 4 rings (SSSR count). The molecule has 2 aliphatic heterocycles. The maximum Gasteiger partial charge on any atom is 0.251 e. The van der Waals surface area contributed by atoms with Gasteiger partial charge in [0.1, 0.15) is 0 Å². The van der Waals surface area contributed by atoms with Crippen molar-refractivity contribution in [3.8, 4) is 0 Å². The summed E-state index contributed by atoms with van der Waals surface area (Å²) in [5.41, 5.74) is 4.27. The first kappa shape index (κ1) is 19.5. The predicted octanol–water partition coefficient (Wildman–Crippen LogP) is 2.73. The largest absolute Gasteiger partial charge is 0.376 e. The maximum absolute atomic E-state index is 12.5. The van der Waals surface area contributed by atoms with Gasteiger partial charge < -0.3 is 20.3 Å². The van der Waals surface area contributed by atoms with Crippen LogP contribution in [0.1, 0.15) is 34.3 Å². The lowest BCUT2D eigenvalue weighted by Crippen LogP contribution is -2.40. The third-order valence-corrected chi connectivity index (χ3v) is 5.51. The van der Waals surface area contributed by atoms with Gasteiger partial charge in [-0.15, -0.1) is 0 Å². The monoisotopic (exact) mass is 392 g/mol. The summed E-state index contributed by atoms with van der Waals surface area (Å²) in [5, 5.41) is 6.42. The first-order chi connectivity index (χ1) is 14.2. The molecule has 152 valence electrons. The average Bonchev–Trinajstić information content (AvgIpc) is 3.43. The van der Waals surface area contributed by atoms with Crippen LogP contribution in [-0.2, 0) is 17.7 Å². The van der Waals surface area contributed by atoms with Crippen LogP contribution in [-0.4, -0.2) is 44.7 Å². The number of nitrogens with zero attached hydrogens (tertiary/aromatic N) is 2. The summed E-state index contributed by atoms with van der Waals surface area (Å²) < 4.78 is 5.57. The Morgan fingerprint density at radius 2 is 2.10 bits per heavy atom. The van der Waals surface area contributed by atoms with Crippen LogP contribution in [0.25, 0.3) is 0 Å². The molecular weight excluding hydrogens is 364 g/mol. The number of para-hydroxylation sites is 1. The van der Waals surface area contributed by atoms with Crippen LogP contribution in [0.3, 0.4) is 0 Å². The standard InChI is InChI=1S/C23H28N4O2/c1-24-23(27-12-11-18-7-2-3-10-21(18)27)26-15-17-6-4-8-19(14-17)22(28)25-16-20-9-5-13-29-20/h2-4,6-8,10,14,20H,5,9,11-13,15-16H2,1H3,(H,24,26)(H,25,28). The highest BCUT2D eigenvalue weighted by Gasteiger charge is 2.22. The Balaban J connectivity index is 1.36. The number of anilines is 1. The molecule has 29 heavy (non-hydrogen) atoms. The van der Waals surface area contributed by atoms with Crippen molar-refractivity contribution in [2.45, 2.75) is 31.9 Å². The van der Waals surface area contributed by atoms with E-state index in [0.29, 0.717) is 18.7 Å². The molecule has 1 atom stereocenters. The molecule has 0 aliphatic carbocycles. The number of hydrogen-bond acceptors (Lipinski definition) is 3. The van der Waals surface area contributed by atoms with Crippen LogP contribution < -0.4 is 15.5 Å². The van der Waals surface area contributed by atoms with Crippen molar-refractivity contribution in [3.63, 3.8) is 0 Å². The lowest BCUT2D eigenvalue weighted by molar-refractivity contribution is 0.0857. The molecule has 0 radical (unpaired) electrons. The number of nitrogens with one attached hydrogen (secondary N) is 2. The Kier molecular flexibility index (Phi) is 6.10. The van der Waals surface area contributed by atoms with Crippen molar-refractivity contribution in [3.05, 3.63) is 65.2 Å². The number of rotatable bonds is 5. The Labute approximate surface area is 172 Å². The number of amides is 1. The second-order valence-electron chi connectivity index (χ2n) is 7.48. The zero-order valence-corrected chi connectivity index (χ0v) is 16.9. The van der Waals surface area contributed by atoms with Crippen molar-refractivity contribution in [2.24, 2.45) is 4.99 Å². The molecule has 0 saturated carbocycles. The van der Waals surface area contributed by atoms with E-state index in [0.717, 1.165) is 43.9 Å². The molecule has 2 aromatic rings. The van der Waals surface area contributed by atoms with E-state index >= 15 is 0 Å². The molecule has 0 aromatic heterocycles. The summed E-state index contributed by atoms with van der Waals surface area (Å²) >= 11 is 0. The van der Waals surface area contributed by atoms with Crippen LogP contribution in [0.2, 0.25) is 0 Å². The maximum atomic E-state index is 12.5. The van der Waals surface area contributed by atoms with E-state index in [4.69, 9.17) is 4.74 Å². The van der Waals surface area contributed by atoms with E-state index in [9.17, 15) is 4.79 Å². The minimum absolute atomic E-state index is 0.0554. The van der Waals surface area contributed by atoms with Gasteiger partial charge in [0.2, 0.25) is 0 Å². The summed E-state index contributed by atoms with van der Waals surface area (Å²) in [7, 11) is 1.80. The van der Waals surface area contributed by atoms with E-state index in [-0.39, 0.29) is 12.0 Å². The smallest absolute Gasteiger partial charge is 0.251 e. The summed E-state index contributed by atoms with van der Waals surface area (Å²) in [4.78, 5) is 19.1. The number of aliphatic imine (C=N–C) groups is 1. The SMILES string of the molecule is CN=C(NCc1cccc(C(=O)NCC2CCCO2)c1)N1CCc2ccccc21. The number of hydrogen-bond donors (Lipinski definition) is 2. The molecule has 2 aliphatic rings. The molecule has 6 heteroatoms. The van der Waals surface area contributed by atoms with Crippen molar-refractivity contribution in [1.29, 1.82) is 0 Å². The molecule has 1 saturated heterocycles. The lowest BCUT2D eigenvalue weighted by Gasteiger charge is -2.22. The Bertz CT molecular complexity index is 890. The van der Waals surface area contributed by atoms with E-state index in [1.165, 1.54) is 11.3 Å². The van der Waals surface area contributed by atoms with Gasteiger partial charge in [0.05, 0.1) is 6.10 Å². The second kappa shape index (κ2) is 9.09. The normalized spacial score (nSPS) is 18.6. The fraction of sp³-hybridized carbons (Fsp3) is 0.391. The molecule has 1 unspecified atom stereocenters. The minimum atomic E-state index is -0.0554. The fourth-order valence-electron chi connectivity index (χ4n) is 3.97. The van der Waals surface area contributed by atoms with Gasteiger partial charge >= 0.3 is 0 Å². The zero-order chi connectivity index (χ0) is 20.1. The zero-order valence-electron chi connectivity index (χ0n) is 16.9. The topological polar surface area (TPSA) is 66.0 Å². The van der Waals surface area contributed by atoms with Crippen molar-refractivity contribution >= 4 is 17.6 Å². The van der Waals surface area contributed by atoms with Crippen LogP contribution in [0.5, 0.6) is 0 Å². The summed E-state index contributed by atoms with van der Waals surface area (Å²) in [6.45, 7) is 2.90. The average molecular weight is 393 g/mol. The van der Waals surface area contributed by atoms with Crippen LogP contribution in [0.4, 0.5) is 5.69 Å². The molecular formula is C23H28N4O2. The highest BCUT2D eigenvalue weighted by molar-refractivity contribution is 5.98. The number of benzene rings is 2. The van der Waals surface area contributed by atoms with Gasteiger partial charge in [0.25, 0.3) is 5.91 Å². The van der Waals surface area contributed by atoms with Gasteiger partial charge in [0.15, 0.2) is 5.96 Å². The highest BCUT2D eigenvalue weighted by atomic mass is 16.5. The molecule has 1 fully saturated rings. The number of ether oxygens (including phenoxy) is 1. The number of guanidine groups is 1. The van der Waals surface area contributed by atoms with Gasteiger partial charge in [-0.05, 0) is 48.6 Å². The van der Waals surface area contributed by atoms with Crippen LogP contribution in [0, 0.1) is 0 Å². The molecule has 0 spiro atoms. The molecule has 0 bridgehead atoms. The van der Waals surface area contributed by atoms with Gasteiger partial charge in [-0.25, -0.2) is 0 Å². The van der Waals surface area contributed by atoms with Gasteiger partial charge in [0, 0.05) is 44.5 Å². The predicted molar refractivity (Wildman–Crippen MR) is 115 cm³/mol. The Morgan fingerprint density at radius 1 is 1.21 bits per heavy atom. The molecule has 2 heterocycles. The van der Waals surface area contributed by atoms with Gasteiger partial charge in [-0.2, -0.15) is 0 Å². The quantitative estimate of drug-likeness (QED) is 0.607. The number of carbonyl (C=O) groups is 1. The Morgan fingerprint density at radius 3 is 2.93 bits per heavy atom. The minimum Gasteiger partial charge on any atom is -0.376 e. The van der Waals surface area contributed by atoms with Gasteiger partial charge in [-0.3, -0.25) is 9.79 Å². The first-order valence-electron chi connectivity index (χ1n) is 10.3. The second-order valence-corrected chi connectivity index (χ2v) is 7.48. The fourth-order valence-corrected chi connectivity index (χ4v) is 3.97. The first-order valence-corrected chi connectivity index (χ1v) is 10.3. The van der Waals surface area contributed by atoms with Gasteiger partial charge in [-0.1, -0.05) is 30.3 Å². The van der Waals surface area contributed by atoms with E-state index in [2.05, 4.69) is 44.8 Å². The third-order valence-electron chi connectivity index (χ3n) is 5.51. The molecule has 6 nitrogen and oxygen atoms in total. The van der Waals surface area contributed by atoms with Crippen LogP contribution in [0.15, 0.2) is 53.5 Å². The Hall–Kier alpha value is -2.86. The van der Waals surface area contributed by atoms with Crippen molar-refractivity contribution in [1.82, 2.24) is 10.6 Å². The van der Waals surface area contributed by atoms with E-state index in [1.54, 1.807) is 7.05 Å². The van der Waals surface area contributed by atoms with Crippen molar-refractivity contribution in [2.75, 3.05) is 31.6 Å². The number of carbonyl (C=O) groups excluding carboxylic acids is 1. The highest BCUT2D eigenvalue weighted by Crippen LogP contribution is 2.27. The summed E-state index contributed by atoms with van der Waals surface area (Å²) in [6, 6.07) is 16.2. The lowest BCUT2D eigenvalue weighted by atomic mass is 10.1. The van der Waals surface area contributed by atoms with Crippen LogP contribution >= 0.6 is 0 Å². The molecule has 2 aromatic carbocycles.